The number of hydrogen-bond donors (Lipinski definition) is 1. The van der Waals surface area contributed by atoms with Gasteiger partial charge in [0.2, 0.25) is 5.91 Å². The first-order valence-corrected chi connectivity index (χ1v) is 8.22. The number of rotatable bonds is 2. The molecule has 0 aromatic rings. The third kappa shape index (κ3) is 2.45. The highest BCUT2D eigenvalue weighted by molar-refractivity contribution is 5.86. The molecule has 2 aliphatic carbocycles. The number of carboxylic acid groups (broad SMARTS) is 1. The minimum absolute atomic E-state index is 0.106. The van der Waals surface area contributed by atoms with Gasteiger partial charge in [0.25, 0.3) is 0 Å². The Labute approximate surface area is 120 Å². The highest BCUT2D eigenvalue weighted by Gasteiger charge is 2.43. The number of carboxylic acids is 1. The zero-order valence-corrected chi connectivity index (χ0v) is 12.1. The normalized spacial score (nSPS) is 37.5. The Kier molecular flexibility index (Phi) is 3.99. The van der Waals surface area contributed by atoms with Crippen molar-refractivity contribution in [3.05, 3.63) is 0 Å². The predicted molar refractivity (Wildman–Crippen MR) is 75.2 cm³/mol. The predicted octanol–water partition coefficient (Wildman–Crippen LogP) is 2.67. The fourth-order valence-corrected chi connectivity index (χ4v) is 4.75. The van der Waals surface area contributed by atoms with Crippen LogP contribution in [0.25, 0.3) is 0 Å². The highest BCUT2D eigenvalue weighted by Crippen LogP contribution is 2.44. The van der Waals surface area contributed by atoms with Gasteiger partial charge in [0.05, 0.1) is 0 Å². The average molecular weight is 279 g/mol. The van der Waals surface area contributed by atoms with E-state index in [-0.39, 0.29) is 11.8 Å². The van der Waals surface area contributed by atoms with Crippen LogP contribution in [0.1, 0.15) is 57.8 Å². The molecule has 20 heavy (non-hydrogen) atoms. The standard InChI is InChI=1S/C16H25NO3/c18-15(17-10-4-9-14(17)16(19)20)13-8-3-6-11-5-1-2-7-12(11)13/h11-14H,1-10H2,(H,19,20)/t11?,12?,13?,14-/m0/s1. The van der Waals surface area contributed by atoms with Crippen molar-refractivity contribution in [1.29, 1.82) is 0 Å². The van der Waals surface area contributed by atoms with Gasteiger partial charge in [-0.3, -0.25) is 4.79 Å². The lowest BCUT2D eigenvalue weighted by atomic mass is 9.65. The van der Waals surface area contributed by atoms with Crippen molar-refractivity contribution in [2.45, 2.75) is 63.8 Å². The minimum Gasteiger partial charge on any atom is -0.480 e. The van der Waals surface area contributed by atoms with Crippen LogP contribution in [0.4, 0.5) is 0 Å². The fraction of sp³-hybridized carbons (Fsp3) is 0.875. The van der Waals surface area contributed by atoms with Crippen molar-refractivity contribution in [1.82, 2.24) is 4.90 Å². The molecule has 3 fully saturated rings. The molecule has 1 N–H and O–H groups in total. The Balaban J connectivity index is 1.73. The number of nitrogens with zero attached hydrogens (tertiary/aromatic N) is 1. The first kappa shape index (κ1) is 13.9. The van der Waals surface area contributed by atoms with Crippen LogP contribution >= 0.6 is 0 Å². The van der Waals surface area contributed by atoms with Crippen molar-refractivity contribution >= 4 is 11.9 Å². The Hall–Kier alpha value is -1.06. The molecule has 112 valence electrons. The third-order valence-electron chi connectivity index (χ3n) is 5.71. The second kappa shape index (κ2) is 5.74. The summed E-state index contributed by atoms with van der Waals surface area (Å²) >= 11 is 0. The molecule has 0 radical (unpaired) electrons. The van der Waals surface area contributed by atoms with Gasteiger partial charge in [-0.25, -0.2) is 4.79 Å². The SMILES string of the molecule is O=C(O)[C@@H]1CCCN1C(=O)C1CCCC2CCCCC21. The molecule has 3 aliphatic rings. The van der Waals surface area contributed by atoms with Crippen LogP contribution in [-0.4, -0.2) is 34.5 Å². The number of hydrogen-bond acceptors (Lipinski definition) is 2. The molecule has 0 spiro atoms. The maximum absolute atomic E-state index is 12.8. The van der Waals surface area contributed by atoms with Gasteiger partial charge in [-0.05, 0) is 37.5 Å². The molecule has 0 aromatic carbocycles. The van der Waals surface area contributed by atoms with Gasteiger partial charge in [0.1, 0.15) is 6.04 Å². The van der Waals surface area contributed by atoms with Crippen molar-refractivity contribution in [2.75, 3.05) is 6.54 Å². The summed E-state index contributed by atoms with van der Waals surface area (Å²) in [6.45, 7) is 0.643. The molecule has 4 heteroatoms. The number of fused-ring (bicyclic) bond motifs is 1. The van der Waals surface area contributed by atoms with Crippen molar-refractivity contribution in [3.8, 4) is 0 Å². The van der Waals surface area contributed by atoms with E-state index in [1.807, 2.05) is 0 Å². The zero-order chi connectivity index (χ0) is 14.1. The maximum Gasteiger partial charge on any atom is 0.326 e. The quantitative estimate of drug-likeness (QED) is 0.845. The lowest BCUT2D eigenvalue weighted by Crippen LogP contribution is -2.47. The van der Waals surface area contributed by atoms with E-state index in [9.17, 15) is 14.7 Å². The van der Waals surface area contributed by atoms with Gasteiger partial charge in [0.15, 0.2) is 0 Å². The molecule has 4 atom stereocenters. The second-order valence-corrected chi connectivity index (χ2v) is 6.77. The Morgan fingerprint density at radius 1 is 0.900 bits per heavy atom. The smallest absolute Gasteiger partial charge is 0.326 e. The van der Waals surface area contributed by atoms with Crippen LogP contribution in [-0.2, 0) is 9.59 Å². The van der Waals surface area contributed by atoms with E-state index < -0.39 is 12.0 Å². The first-order chi connectivity index (χ1) is 9.68. The number of aliphatic carboxylic acids is 1. The van der Waals surface area contributed by atoms with E-state index >= 15 is 0 Å². The van der Waals surface area contributed by atoms with Gasteiger partial charge in [-0.1, -0.05) is 32.1 Å². The van der Waals surface area contributed by atoms with Gasteiger partial charge in [0, 0.05) is 12.5 Å². The molecule has 2 saturated carbocycles. The Morgan fingerprint density at radius 3 is 2.45 bits per heavy atom. The van der Waals surface area contributed by atoms with E-state index in [0.717, 1.165) is 25.2 Å². The minimum atomic E-state index is -0.827. The monoisotopic (exact) mass is 279 g/mol. The van der Waals surface area contributed by atoms with Gasteiger partial charge < -0.3 is 10.0 Å². The maximum atomic E-state index is 12.8. The van der Waals surface area contributed by atoms with E-state index in [1.54, 1.807) is 4.90 Å². The molecule has 1 aliphatic heterocycles. The number of amides is 1. The number of carbonyl (C=O) groups excluding carboxylic acids is 1. The summed E-state index contributed by atoms with van der Waals surface area (Å²) in [7, 11) is 0. The second-order valence-electron chi connectivity index (χ2n) is 6.77. The molecule has 4 nitrogen and oxygen atoms in total. The molecule has 0 aromatic heterocycles. The van der Waals surface area contributed by atoms with E-state index in [0.29, 0.717) is 18.9 Å². The molecule has 1 saturated heterocycles. The van der Waals surface area contributed by atoms with E-state index in [1.165, 1.54) is 32.1 Å². The van der Waals surface area contributed by atoms with Crippen LogP contribution in [0.2, 0.25) is 0 Å². The largest absolute Gasteiger partial charge is 0.480 e. The highest BCUT2D eigenvalue weighted by atomic mass is 16.4. The number of carbonyl (C=O) groups is 2. The lowest BCUT2D eigenvalue weighted by Gasteiger charge is -2.42. The molecule has 1 amide bonds. The van der Waals surface area contributed by atoms with Crippen LogP contribution in [0.3, 0.4) is 0 Å². The van der Waals surface area contributed by atoms with Crippen molar-refractivity contribution in [2.24, 2.45) is 17.8 Å². The van der Waals surface area contributed by atoms with Crippen LogP contribution in [0.15, 0.2) is 0 Å². The summed E-state index contributed by atoms with van der Waals surface area (Å²) < 4.78 is 0. The Morgan fingerprint density at radius 2 is 1.65 bits per heavy atom. The molecule has 1 heterocycles. The summed E-state index contributed by atoms with van der Waals surface area (Å²) in [6.07, 6.45) is 9.86. The van der Waals surface area contributed by atoms with Crippen molar-refractivity contribution < 1.29 is 14.7 Å². The van der Waals surface area contributed by atoms with Crippen LogP contribution in [0, 0.1) is 17.8 Å². The molecule has 3 rings (SSSR count). The van der Waals surface area contributed by atoms with Gasteiger partial charge >= 0.3 is 5.97 Å². The molecule has 3 unspecified atom stereocenters. The molecular weight excluding hydrogens is 254 g/mol. The third-order valence-corrected chi connectivity index (χ3v) is 5.71. The van der Waals surface area contributed by atoms with Gasteiger partial charge in [-0.15, -0.1) is 0 Å². The molecule has 0 bridgehead atoms. The number of likely N-dealkylation sites (tertiary alicyclic amines) is 1. The molecular formula is C16H25NO3. The van der Waals surface area contributed by atoms with E-state index in [2.05, 4.69) is 0 Å². The summed E-state index contributed by atoms with van der Waals surface area (Å²) in [5, 5.41) is 9.27. The van der Waals surface area contributed by atoms with Crippen LogP contribution < -0.4 is 0 Å². The average Bonchev–Trinajstić information content (AvgIpc) is 2.95. The topological polar surface area (TPSA) is 57.6 Å². The zero-order valence-electron chi connectivity index (χ0n) is 12.1. The summed E-state index contributed by atoms with van der Waals surface area (Å²) in [6, 6.07) is -0.563. The fourth-order valence-electron chi connectivity index (χ4n) is 4.75. The Bertz CT molecular complexity index is 393. The summed E-state index contributed by atoms with van der Waals surface area (Å²) in [5.41, 5.74) is 0. The first-order valence-electron chi connectivity index (χ1n) is 8.22. The lowest BCUT2D eigenvalue weighted by molar-refractivity contribution is -0.152. The van der Waals surface area contributed by atoms with E-state index in [4.69, 9.17) is 0 Å². The summed E-state index contributed by atoms with van der Waals surface area (Å²) in [4.78, 5) is 25.8. The van der Waals surface area contributed by atoms with Crippen LogP contribution in [0.5, 0.6) is 0 Å². The summed E-state index contributed by atoms with van der Waals surface area (Å²) in [5.74, 6) is 0.671. The van der Waals surface area contributed by atoms with Crippen molar-refractivity contribution in [3.63, 3.8) is 0 Å². The van der Waals surface area contributed by atoms with Gasteiger partial charge in [-0.2, -0.15) is 0 Å².